The number of nitrogens with zero attached hydrogens (tertiary/aromatic N) is 6. The van der Waals surface area contributed by atoms with Crippen molar-refractivity contribution in [2.45, 2.75) is 44.4 Å². The standard InChI is InChI=1S/C27H33N7O3/c1-17(19-12-26(35)28-13-19)37-24-11-18(10-23-27(24)34(16-29-23)20-2-3-20)22-4-5-25(31-30-22)33-8-6-32(7-9-33)21-14-36-15-21/h4-5,10-11,16-17,19-21H,2-3,6-9,12-15H2,1H3,(H,28,35). The lowest BCUT2D eigenvalue weighted by Crippen LogP contribution is -2.56. The molecule has 1 aromatic carbocycles. The topological polar surface area (TPSA) is 97.6 Å². The van der Waals surface area contributed by atoms with Gasteiger partial charge in [-0.05, 0) is 44.0 Å². The monoisotopic (exact) mass is 503 g/mol. The van der Waals surface area contributed by atoms with Crippen molar-refractivity contribution >= 4 is 22.8 Å². The number of imidazole rings is 1. The minimum Gasteiger partial charge on any atom is -0.488 e. The van der Waals surface area contributed by atoms with Gasteiger partial charge in [0.2, 0.25) is 5.91 Å². The lowest BCUT2D eigenvalue weighted by molar-refractivity contribution is -0.119. The van der Waals surface area contributed by atoms with E-state index in [-0.39, 0.29) is 17.9 Å². The summed E-state index contributed by atoms with van der Waals surface area (Å²) in [6.45, 7) is 8.37. The summed E-state index contributed by atoms with van der Waals surface area (Å²) in [6.07, 6.45) is 4.66. The lowest BCUT2D eigenvalue weighted by Gasteiger charge is -2.42. The van der Waals surface area contributed by atoms with Crippen LogP contribution in [0.2, 0.25) is 0 Å². The van der Waals surface area contributed by atoms with Crippen LogP contribution in [0.4, 0.5) is 5.82 Å². The Bertz CT molecular complexity index is 1290. The van der Waals surface area contributed by atoms with Gasteiger partial charge in [0.1, 0.15) is 17.4 Å². The van der Waals surface area contributed by atoms with E-state index in [2.05, 4.69) is 48.1 Å². The molecule has 2 unspecified atom stereocenters. The van der Waals surface area contributed by atoms with Gasteiger partial charge in [-0.25, -0.2) is 4.98 Å². The van der Waals surface area contributed by atoms with Gasteiger partial charge in [-0.1, -0.05) is 0 Å². The summed E-state index contributed by atoms with van der Waals surface area (Å²) in [6, 6.07) is 9.32. The van der Waals surface area contributed by atoms with E-state index in [1.807, 2.05) is 19.3 Å². The van der Waals surface area contributed by atoms with Gasteiger partial charge in [0, 0.05) is 56.7 Å². The van der Waals surface area contributed by atoms with Crippen molar-refractivity contribution in [3.63, 3.8) is 0 Å². The van der Waals surface area contributed by atoms with Gasteiger partial charge in [0.05, 0.1) is 36.8 Å². The Hall–Kier alpha value is -3.24. The second kappa shape index (κ2) is 9.25. The molecule has 10 heteroatoms. The molecule has 3 saturated heterocycles. The van der Waals surface area contributed by atoms with Crippen LogP contribution in [0.3, 0.4) is 0 Å². The first-order valence-electron chi connectivity index (χ1n) is 13.5. The fraction of sp³-hybridized carbons (Fsp3) is 0.556. The van der Waals surface area contributed by atoms with Gasteiger partial charge >= 0.3 is 0 Å². The maximum atomic E-state index is 11.8. The van der Waals surface area contributed by atoms with E-state index in [9.17, 15) is 4.79 Å². The Balaban J connectivity index is 1.13. The quantitative estimate of drug-likeness (QED) is 0.525. The summed E-state index contributed by atoms with van der Waals surface area (Å²) >= 11 is 0. The average molecular weight is 504 g/mol. The second-order valence-electron chi connectivity index (χ2n) is 10.8. The molecule has 1 amide bonds. The Kier molecular flexibility index (Phi) is 5.73. The number of piperazine rings is 1. The fourth-order valence-corrected chi connectivity index (χ4v) is 5.65. The molecule has 7 rings (SSSR count). The van der Waals surface area contributed by atoms with E-state index < -0.39 is 0 Å². The molecule has 4 fully saturated rings. The van der Waals surface area contributed by atoms with Gasteiger partial charge in [-0.15, -0.1) is 10.2 Å². The zero-order valence-electron chi connectivity index (χ0n) is 21.2. The number of benzene rings is 1. The number of ether oxygens (including phenoxy) is 2. The first-order chi connectivity index (χ1) is 18.1. The molecule has 0 bridgehead atoms. The molecule has 1 N–H and O–H groups in total. The fourth-order valence-electron chi connectivity index (χ4n) is 5.65. The third kappa shape index (κ3) is 4.42. The number of anilines is 1. The van der Waals surface area contributed by atoms with Crippen molar-refractivity contribution in [2.75, 3.05) is 50.8 Å². The molecule has 5 heterocycles. The highest BCUT2D eigenvalue weighted by Gasteiger charge is 2.31. The Morgan fingerprint density at radius 1 is 1.08 bits per heavy atom. The molecule has 3 aliphatic heterocycles. The Morgan fingerprint density at radius 3 is 2.57 bits per heavy atom. The van der Waals surface area contributed by atoms with Crippen molar-refractivity contribution in [1.82, 2.24) is 30.0 Å². The molecule has 3 aromatic rings. The summed E-state index contributed by atoms with van der Waals surface area (Å²) in [7, 11) is 0. The molecule has 0 spiro atoms. The number of amides is 1. The van der Waals surface area contributed by atoms with Crippen molar-refractivity contribution in [3.05, 3.63) is 30.6 Å². The molecule has 0 radical (unpaired) electrons. The highest BCUT2D eigenvalue weighted by molar-refractivity contribution is 5.87. The lowest BCUT2D eigenvalue weighted by atomic mass is 10.0. The number of aromatic nitrogens is 4. The van der Waals surface area contributed by atoms with Crippen molar-refractivity contribution in [3.8, 4) is 17.0 Å². The average Bonchev–Trinajstić information content (AvgIpc) is 3.48. The minimum atomic E-state index is -0.0985. The number of fused-ring (bicyclic) bond motifs is 1. The van der Waals surface area contributed by atoms with Crippen LogP contribution in [0.15, 0.2) is 30.6 Å². The Labute approximate surface area is 215 Å². The largest absolute Gasteiger partial charge is 0.488 e. The summed E-state index contributed by atoms with van der Waals surface area (Å²) in [4.78, 5) is 21.3. The number of rotatable bonds is 7. The van der Waals surface area contributed by atoms with Crippen LogP contribution in [-0.2, 0) is 9.53 Å². The molecular weight excluding hydrogens is 470 g/mol. The molecule has 1 saturated carbocycles. The van der Waals surface area contributed by atoms with Crippen molar-refractivity contribution < 1.29 is 14.3 Å². The van der Waals surface area contributed by atoms with Gasteiger partial charge < -0.3 is 24.3 Å². The van der Waals surface area contributed by atoms with Crippen LogP contribution < -0.4 is 15.0 Å². The third-order valence-corrected chi connectivity index (χ3v) is 8.28. The van der Waals surface area contributed by atoms with E-state index in [1.165, 1.54) is 12.8 Å². The summed E-state index contributed by atoms with van der Waals surface area (Å²) in [5.74, 6) is 1.96. The predicted octanol–water partition coefficient (Wildman–Crippen LogP) is 2.25. The third-order valence-electron chi connectivity index (χ3n) is 8.28. The highest BCUT2D eigenvalue weighted by Crippen LogP contribution is 2.41. The first kappa shape index (κ1) is 22.9. The van der Waals surface area contributed by atoms with Gasteiger partial charge in [0.25, 0.3) is 0 Å². The maximum absolute atomic E-state index is 11.8. The van der Waals surface area contributed by atoms with Crippen LogP contribution in [0.5, 0.6) is 5.75 Å². The molecular formula is C27H33N7O3. The maximum Gasteiger partial charge on any atom is 0.220 e. The number of hydrogen-bond donors (Lipinski definition) is 1. The number of carbonyl (C=O) groups is 1. The van der Waals surface area contributed by atoms with Crippen molar-refractivity contribution in [2.24, 2.45) is 5.92 Å². The van der Waals surface area contributed by atoms with Gasteiger partial charge in [-0.3, -0.25) is 9.69 Å². The van der Waals surface area contributed by atoms with E-state index in [0.717, 1.165) is 73.3 Å². The first-order valence-corrected chi connectivity index (χ1v) is 13.5. The van der Waals surface area contributed by atoms with E-state index >= 15 is 0 Å². The molecule has 194 valence electrons. The van der Waals surface area contributed by atoms with E-state index in [4.69, 9.17) is 14.5 Å². The molecule has 1 aliphatic carbocycles. The van der Waals surface area contributed by atoms with Gasteiger partial charge in [-0.2, -0.15) is 0 Å². The predicted molar refractivity (Wildman–Crippen MR) is 139 cm³/mol. The summed E-state index contributed by atoms with van der Waals surface area (Å²) in [5, 5.41) is 12.1. The summed E-state index contributed by atoms with van der Waals surface area (Å²) < 4.78 is 14.1. The molecule has 4 aliphatic rings. The van der Waals surface area contributed by atoms with Crippen molar-refractivity contribution in [1.29, 1.82) is 0 Å². The Morgan fingerprint density at radius 2 is 1.92 bits per heavy atom. The van der Waals surface area contributed by atoms with Crippen LogP contribution in [0.25, 0.3) is 22.3 Å². The summed E-state index contributed by atoms with van der Waals surface area (Å²) in [5.41, 5.74) is 3.65. The molecule has 2 aromatic heterocycles. The van der Waals surface area contributed by atoms with Crippen LogP contribution in [0, 0.1) is 5.92 Å². The number of nitrogens with one attached hydrogen (secondary N) is 1. The zero-order chi connectivity index (χ0) is 24.9. The normalized spacial score (nSPS) is 23.8. The van der Waals surface area contributed by atoms with E-state index in [1.54, 1.807) is 0 Å². The minimum absolute atomic E-state index is 0.0937. The SMILES string of the molecule is CC(Oc1cc(-c2ccc(N3CCN(C4COC4)CC3)nn2)cc2ncn(C3CC3)c12)C1CNC(=O)C1. The van der Waals surface area contributed by atoms with Crippen LogP contribution >= 0.6 is 0 Å². The number of carbonyl (C=O) groups excluding carboxylic acids is 1. The van der Waals surface area contributed by atoms with Gasteiger partial charge in [0.15, 0.2) is 5.82 Å². The molecule has 2 atom stereocenters. The molecule has 10 nitrogen and oxygen atoms in total. The molecule has 37 heavy (non-hydrogen) atoms. The number of hydrogen-bond acceptors (Lipinski definition) is 8. The van der Waals surface area contributed by atoms with Crippen LogP contribution in [0.1, 0.15) is 32.2 Å². The zero-order valence-corrected chi connectivity index (χ0v) is 21.2. The second-order valence-corrected chi connectivity index (χ2v) is 10.8. The van der Waals surface area contributed by atoms with E-state index in [0.29, 0.717) is 25.0 Å². The smallest absolute Gasteiger partial charge is 0.220 e. The van der Waals surface area contributed by atoms with Crippen LogP contribution in [-0.4, -0.2) is 88.6 Å². The highest BCUT2D eigenvalue weighted by atomic mass is 16.5.